The van der Waals surface area contributed by atoms with E-state index in [0.29, 0.717) is 23.3 Å². The van der Waals surface area contributed by atoms with Crippen LogP contribution in [0.5, 0.6) is 11.5 Å². The lowest BCUT2D eigenvalue weighted by Crippen LogP contribution is -2.35. The molecule has 0 aromatic heterocycles. The topological polar surface area (TPSA) is 65.1 Å². The van der Waals surface area contributed by atoms with Crippen molar-refractivity contribution in [1.29, 1.82) is 0 Å². The van der Waals surface area contributed by atoms with Crippen LogP contribution in [0.15, 0.2) is 41.3 Å². The lowest BCUT2D eigenvalue weighted by atomic mass is 10.2. The molecule has 1 amide bonds. The fraction of sp³-hybridized carbons (Fsp3) is 0.333. The Labute approximate surface area is 179 Å². The van der Waals surface area contributed by atoms with Crippen molar-refractivity contribution in [2.75, 3.05) is 32.3 Å². The van der Waals surface area contributed by atoms with E-state index in [0.717, 1.165) is 17.0 Å². The van der Waals surface area contributed by atoms with Gasteiger partial charge in [0.1, 0.15) is 0 Å². The van der Waals surface area contributed by atoms with Crippen LogP contribution in [0.1, 0.15) is 23.7 Å². The normalized spacial score (nSPS) is 15.9. The van der Waals surface area contributed by atoms with Crippen molar-refractivity contribution >= 4 is 40.9 Å². The number of para-hydroxylation sites is 1. The Balaban J connectivity index is 1.72. The van der Waals surface area contributed by atoms with Crippen LogP contribution in [0.4, 0.5) is 5.69 Å². The molecule has 0 aliphatic carbocycles. The van der Waals surface area contributed by atoms with Crippen LogP contribution in [-0.4, -0.2) is 44.5 Å². The lowest BCUT2D eigenvalue weighted by Gasteiger charge is -2.22. The zero-order valence-corrected chi connectivity index (χ0v) is 18.0. The average Bonchev–Trinajstić information content (AvgIpc) is 2.89. The first-order valence-corrected chi connectivity index (χ1v) is 10.3. The third-order valence-electron chi connectivity index (χ3n) is 4.54. The number of carbonyl (C=O) groups excluding carboxylic acids is 2. The first-order chi connectivity index (χ1) is 13.9. The minimum atomic E-state index is -0.660. The summed E-state index contributed by atoms with van der Waals surface area (Å²) in [5.74, 6) is -0.292. The van der Waals surface area contributed by atoms with Gasteiger partial charge in [0.15, 0.2) is 18.1 Å². The molecular weight excluding hydrogens is 414 g/mol. The Morgan fingerprint density at radius 3 is 2.69 bits per heavy atom. The van der Waals surface area contributed by atoms with Crippen molar-refractivity contribution in [3.63, 3.8) is 0 Å². The number of rotatable bonds is 5. The van der Waals surface area contributed by atoms with E-state index in [-0.39, 0.29) is 23.1 Å². The molecule has 154 valence electrons. The number of esters is 1. The molecule has 0 saturated heterocycles. The molecule has 1 aliphatic rings. The number of fused-ring (bicyclic) bond motifs is 1. The molecule has 0 radical (unpaired) electrons. The fourth-order valence-corrected chi connectivity index (χ4v) is 4.47. The number of carbonyl (C=O) groups is 2. The number of hydrogen-bond acceptors (Lipinski definition) is 6. The summed E-state index contributed by atoms with van der Waals surface area (Å²) in [6, 6.07) is 10.7. The molecule has 0 unspecified atom stereocenters. The Kier molecular flexibility index (Phi) is 6.92. The highest BCUT2D eigenvalue weighted by Gasteiger charge is 2.25. The van der Waals surface area contributed by atoms with Gasteiger partial charge in [-0.25, -0.2) is 4.79 Å². The van der Waals surface area contributed by atoms with Gasteiger partial charge in [-0.3, -0.25) is 4.79 Å². The van der Waals surface area contributed by atoms with Crippen LogP contribution >= 0.6 is 23.4 Å². The predicted octanol–water partition coefficient (Wildman–Crippen LogP) is 4.43. The minimum Gasteiger partial charge on any atom is -0.493 e. The average molecular weight is 436 g/mol. The largest absolute Gasteiger partial charge is 0.493 e. The van der Waals surface area contributed by atoms with E-state index >= 15 is 0 Å². The minimum absolute atomic E-state index is 0.181. The van der Waals surface area contributed by atoms with Crippen molar-refractivity contribution in [3.8, 4) is 11.5 Å². The van der Waals surface area contributed by atoms with Gasteiger partial charge in [-0.2, -0.15) is 0 Å². The number of methoxy groups -OCH3 is 2. The summed E-state index contributed by atoms with van der Waals surface area (Å²) in [5.41, 5.74) is 1.03. The molecular formula is C21H22ClNO5S. The third kappa shape index (κ3) is 4.79. The molecule has 29 heavy (non-hydrogen) atoms. The molecule has 1 atom stereocenters. The van der Waals surface area contributed by atoms with E-state index in [4.69, 9.17) is 25.8 Å². The van der Waals surface area contributed by atoms with Crippen molar-refractivity contribution in [2.45, 2.75) is 23.5 Å². The van der Waals surface area contributed by atoms with Crippen molar-refractivity contribution in [2.24, 2.45) is 0 Å². The second-order valence-corrected chi connectivity index (χ2v) is 8.39. The van der Waals surface area contributed by atoms with Crippen LogP contribution in [0.2, 0.25) is 5.02 Å². The van der Waals surface area contributed by atoms with E-state index in [1.165, 1.54) is 26.4 Å². The number of ether oxygens (including phenoxy) is 3. The quantitative estimate of drug-likeness (QED) is 0.647. The van der Waals surface area contributed by atoms with Gasteiger partial charge in [0.05, 0.1) is 30.5 Å². The van der Waals surface area contributed by atoms with Crippen LogP contribution in [0.25, 0.3) is 0 Å². The maximum atomic E-state index is 12.8. The molecule has 6 nitrogen and oxygen atoms in total. The van der Waals surface area contributed by atoms with Gasteiger partial charge < -0.3 is 19.1 Å². The number of hydrogen-bond donors (Lipinski definition) is 0. The number of nitrogens with zero attached hydrogens (tertiary/aromatic N) is 1. The highest BCUT2D eigenvalue weighted by atomic mass is 35.5. The fourth-order valence-electron chi connectivity index (χ4n) is 3.07. The molecule has 1 aliphatic heterocycles. The standard InChI is InChI=1S/C21H22ClNO5S/c1-13-8-9-23(16-6-4-5-7-18(16)29-13)19(24)12-28-21(25)14-10-15(22)20(27-3)17(11-14)26-2/h4-7,10-11,13H,8-9,12H2,1-3H3/t13-/m0/s1. The number of anilines is 1. The third-order valence-corrected chi connectivity index (χ3v) is 6.06. The van der Waals surface area contributed by atoms with E-state index < -0.39 is 5.97 Å². The second-order valence-electron chi connectivity index (χ2n) is 6.50. The number of thioether (sulfide) groups is 1. The summed E-state index contributed by atoms with van der Waals surface area (Å²) in [6.07, 6.45) is 0.852. The van der Waals surface area contributed by atoms with Gasteiger partial charge in [0.25, 0.3) is 5.91 Å². The Bertz CT molecular complexity index is 920. The van der Waals surface area contributed by atoms with Gasteiger partial charge in [0, 0.05) is 16.7 Å². The lowest BCUT2D eigenvalue weighted by molar-refractivity contribution is -0.121. The number of halogens is 1. The second kappa shape index (κ2) is 9.41. The van der Waals surface area contributed by atoms with Crippen LogP contribution in [0, 0.1) is 0 Å². The van der Waals surface area contributed by atoms with Crippen molar-refractivity contribution in [1.82, 2.24) is 0 Å². The summed E-state index contributed by atoms with van der Waals surface area (Å²) in [5, 5.41) is 0.614. The molecule has 8 heteroatoms. The molecule has 1 heterocycles. The van der Waals surface area contributed by atoms with Gasteiger partial charge in [-0.1, -0.05) is 30.7 Å². The summed E-state index contributed by atoms with van der Waals surface area (Å²) in [6.45, 7) is 2.35. The monoisotopic (exact) mass is 435 g/mol. The maximum absolute atomic E-state index is 12.8. The predicted molar refractivity (Wildman–Crippen MR) is 114 cm³/mol. The molecule has 0 bridgehead atoms. The summed E-state index contributed by atoms with van der Waals surface area (Å²) in [4.78, 5) is 28.0. The Hall–Kier alpha value is -2.38. The highest BCUT2D eigenvalue weighted by Crippen LogP contribution is 2.38. The molecule has 0 spiro atoms. The first kappa shape index (κ1) is 21.3. The van der Waals surface area contributed by atoms with Gasteiger partial charge in [-0.05, 0) is 30.7 Å². The zero-order chi connectivity index (χ0) is 21.0. The summed E-state index contributed by atoms with van der Waals surface area (Å²) in [7, 11) is 2.90. The van der Waals surface area contributed by atoms with E-state index in [2.05, 4.69) is 6.92 Å². The smallest absolute Gasteiger partial charge is 0.338 e. The zero-order valence-electron chi connectivity index (χ0n) is 16.4. The Morgan fingerprint density at radius 1 is 1.21 bits per heavy atom. The van der Waals surface area contributed by atoms with E-state index in [1.807, 2.05) is 24.3 Å². The molecule has 0 saturated carbocycles. The number of amides is 1. The summed E-state index contributed by atoms with van der Waals surface area (Å²) >= 11 is 7.88. The van der Waals surface area contributed by atoms with E-state index in [1.54, 1.807) is 16.7 Å². The molecule has 0 fully saturated rings. The van der Waals surface area contributed by atoms with Gasteiger partial charge in [0.2, 0.25) is 0 Å². The molecule has 2 aromatic carbocycles. The van der Waals surface area contributed by atoms with Crippen LogP contribution < -0.4 is 14.4 Å². The van der Waals surface area contributed by atoms with Crippen LogP contribution in [-0.2, 0) is 9.53 Å². The molecule has 3 rings (SSSR count). The summed E-state index contributed by atoms with van der Waals surface area (Å²) < 4.78 is 15.6. The SMILES string of the molecule is COc1cc(C(=O)OCC(=O)N2CC[C@H](C)Sc3ccccc32)cc(Cl)c1OC. The van der Waals surface area contributed by atoms with E-state index in [9.17, 15) is 9.59 Å². The molecule has 2 aromatic rings. The Morgan fingerprint density at radius 2 is 1.97 bits per heavy atom. The molecule has 0 N–H and O–H groups in total. The van der Waals surface area contributed by atoms with Crippen molar-refractivity contribution < 1.29 is 23.8 Å². The first-order valence-electron chi connectivity index (χ1n) is 9.09. The van der Waals surface area contributed by atoms with Crippen molar-refractivity contribution in [3.05, 3.63) is 47.0 Å². The number of benzene rings is 2. The van der Waals surface area contributed by atoms with Crippen LogP contribution in [0.3, 0.4) is 0 Å². The highest BCUT2D eigenvalue weighted by molar-refractivity contribution is 8.00. The maximum Gasteiger partial charge on any atom is 0.338 e. The van der Waals surface area contributed by atoms with Gasteiger partial charge in [-0.15, -0.1) is 11.8 Å². The van der Waals surface area contributed by atoms with Gasteiger partial charge >= 0.3 is 5.97 Å².